The van der Waals surface area contributed by atoms with Gasteiger partial charge in [0, 0.05) is 6.54 Å². The highest BCUT2D eigenvalue weighted by molar-refractivity contribution is 5.95. The number of hydrogen-bond donors (Lipinski definition) is 2. The fourth-order valence-corrected chi connectivity index (χ4v) is 3.32. The molecule has 31 heavy (non-hydrogen) atoms. The molecule has 4 rings (SSSR count). The van der Waals surface area contributed by atoms with E-state index in [-0.39, 0.29) is 17.3 Å². The number of rotatable bonds is 8. The third-order valence-electron chi connectivity index (χ3n) is 4.79. The van der Waals surface area contributed by atoms with Crippen molar-refractivity contribution in [3.05, 3.63) is 41.2 Å². The lowest BCUT2D eigenvalue weighted by molar-refractivity contribution is 0.0945. The van der Waals surface area contributed by atoms with Crippen molar-refractivity contribution in [2.75, 3.05) is 25.4 Å². The lowest BCUT2D eigenvalue weighted by Gasteiger charge is -2.13. The zero-order valence-electron chi connectivity index (χ0n) is 17.1. The third-order valence-corrected chi connectivity index (χ3v) is 4.79. The average molecular weight is 425 g/mol. The van der Waals surface area contributed by atoms with Gasteiger partial charge in [0.05, 0.1) is 12.8 Å². The Morgan fingerprint density at radius 2 is 2.06 bits per heavy atom. The van der Waals surface area contributed by atoms with Crippen molar-refractivity contribution in [1.29, 1.82) is 0 Å². The molecule has 1 aromatic carbocycles. The van der Waals surface area contributed by atoms with Gasteiger partial charge >= 0.3 is 0 Å². The van der Waals surface area contributed by atoms with Crippen molar-refractivity contribution in [2.45, 2.75) is 26.3 Å². The Labute approximate surface area is 178 Å². The smallest absolute Gasteiger partial charge is 0.292 e. The average Bonchev–Trinajstić information content (AvgIpc) is 3.51. The second-order valence-corrected chi connectivity index (χ2v) is 6.95. The molecule has 0 atom stereocenters. The topological polar surface area (TPSA) is 150 Å². The number of nitrogen functional groups attached to an aromatic ring is 1. The van der Waals surface area contributed by atoms with Crippen LogP contribution in [0, 0.1) is 0 Å². The lowest BCUT2D eigenvalue weighted by atomic mass is 10.2. The molecule has 12 heteroatoms. The van der Waals surface area contributed by atoms with Crippen LogP contribution in [-0.2, 0) is 6.54 Å². The lowest BCUT2D eigenvalue weighted by Crippen LogP contribution is -2.26. The summed E-state index contributed by atoms with van der Waals surface area (Å²) in [5.74, 6) is 0.373. The van der Waals surface area contributed by atoms with Crippen molar-refractivity contribution < 1.29 is 14.2 Å². The quantitative estimate of drug-likeness (QED) is 0.398. The highest BCUT2D eigenvalue weighted by Gasteiger charge is 2.26. The van der Waals surface area contributed by atoms with Crippen LogP contribution in [0.3, 0.4) is 0 Å². The van der Waals surface area contributed by atoms with Gasteiger partial charge in [-0.1, -0.05) is 5.21 Å². The molecule has 12 nitrogen and oxygen atoms in total. The van der Waals surface area contributed by atoms with Gasteiger partial charge in [-0.05, 0) is 73.0 Å². The summed E-state index contributed by atoms with van der Waals surface area (Å²) >= 11 is 0. The first-order valence-corrected chi connectivity index (χ1v) is 9.97. The standard InChI is InChI=1S/C19H23N9O3/c1-2-30-14-7-5-13(6-8-14)11-21-23-19(29)16-15(12-27-9-3-4-10-27)22-26-28(16)18-17(20)24-31-25-18/h5-8,11H,2-4,9-10,12H2,1H3,(H2,20,24)(H,23,29)/b21-11+. The number of likely N-dealkylation sites (tertiary alicyclic amines) is 1. The van der Waals surface area contributed by atoms with E-state index < -0.39 is 5.91 Å². The maximum absolute atomic E-state index is 13.0. The molecule has 0 radical (unpaired) electrons. The first-order chi connectivity index (χ1) is 15.2. The van der Waals surface area contributed by atoms with Crippen LogP contribution in [0.4, 0.5) is 5.82 Å². The number of nitrogens with one attached hydrogen (secondary N) is 1. The first-order valence-electron chi connectivity index (χ1n) is 9.97. The molecule has 0 bridgehead atoms. The van der Waals surface area contributed by atoms with Gasteiger partial charge in [-0.3, -0.25) is 9.69 Å². The Morgan fingerprint density at radius 3 is 2.74 bits per heavy atom. The predicted molar refractivity (Wildman–Crippen MR) is 111 cm³/mol. The van der Waals surface area contributed by atoms with Gasteiger partial charge in [-0.25, -0.2) is 10.1 Å². The van der Waals surface area contributed by atoms with Gasteiger partial charge in [0.25, 0.3) is 5.91 Å². The molecule has 3 heterocycles. The van der Waals surface area contributed by atoms with Crippen LogP contribution in [0.1, 0.15) is 41.5 Å². The molecule has 1 saturated heterocycles. The van der Waals surface area contributed by atoms with E-state index in [1.54, 1.807) is 0 Å². The maximum atomic E-state index is 13.0. The minimum Gasteiger partial charge on any atom is -0.494 e. The molecular formula is C19H23N9O3. The SMILES string of the molecule is CCOc1ccc(/C=N/NC(=O)c2c(CN3CCCC3)nnn2-c2nonc2N)cc1. The summed E-state index contributed by atoms with van der Waals surface area (Å²) in [4.78, 5) is 15.2. The van der Waals surface area contributed by atoms with Gasteiger partial charge in [0.1, 0.15) is 11.4 Å². The molecule has 3 N–H and O–H groups in total. The van der Waals surface area contributed by atoms with Crippen LogP contribution in [0.15, 0.2) is 34.0 Å². The minimum atomic E-state index is -0.496. The Morgan fingerprint density at radius 1 is 1.29 bits per heavy atom. The van der Waals surface area contributed by atoms with Crippen LogP contribution in [0.25, 0.3) is 5.82 Å². The van der Waals surface area contributed by atoms with Crippen LogP contribution in [0.2, 0.25) is 0 Å². The van der Waals surface area contributed by atoms with Crippen LogP contribution in [0.5, 0.6) is 5.75 Å². The Hall–Kier alpha value is -3.80. The molecule has 1 aliphatic rings. The van der Waals surface area contributed by atoms with Crippen molar-refractivity contribution >= 4 is 17.9 Å². The van der Waals surface area contributed by atoms with Crippen LogP contribution >= 0.6 is 0 Å². The number of carbonyl (C=O) groups is 1. The van der Waals surface area contributed by atoms with E-state index in [2.05, 4.69) is 40.7 Å². The maximum Gasteiger partial charge on any atom is 0.292 e. The fourth-order valence-electron chi connectivity index (χ4n) is 3.32. The molecule has 162 valence electrons. The molecule has 3 aromatic rings. The van der Waals surface area contributed by atoms with E-state index in [1.807, 2.05) is 31.2 Å². The molecule has 0 aliphatic carbocycles. The normalized spacial score (nSPS) is 14.4. The Kier molecular flexibility index (Phi) is 6.17. The van der Waals surface area contributed by atoms with Crippen molar-refractivity contribution in [3.8, 4) is 11.6 Å². The molecule has 1 aliphatic heterocycles. The van der Waals surface area contributed by atoms with Crippen LogP contribution < -0.4 is 15.9 Å². The summed E-state index contributed by atoms with van der Waals surface area (Å²) in [7, 11) is 0. The summed E-state index contributed by atoms with van der Waals surface area (Å²) in [6, 6.07) is 7.35. The first kappa shape index (κ1) is 20.5. The van der Waals surface area contributed by atoms with Gasteiger partial charge in [0.2, 0.25) is 11.6 Å². The summed E-state index contributed by atoms with van der Waals surface area (Å²) in [5, 5.41) is 19.6. The van der Waals surface area contributed by atoms with Gasteiger partial charge < -0.3 is 10.5 Å². The molecule has 1 fully saturated rings. The fraction of sp³-hybridized carbons (Fsp3) is 0.368. The third kappa shape index (κ3) is 4.69. The van der Waals surface area contributed by atoms with Crippen LogP contribution in [-0.4, -0.2) is 62.0 Å². The molecule has 0 unspecified atom stereocenters. The molecular weight excluding hydrogens is 402 g/mol. The van der Waals surface area contributed by atoms with Gasteiger partial charge in [-0.15, -0.1) is 5.10 Å². The number of hydrazone groups is 1. The molecule has 0 saturated carbocycles. The number of carbonyl (C=O) groups excluding carboxylic acids is 1. The summed E-state index contributed by atoms with van der Waals surface area (Å²) < 4.78 is 11.3. The molecule has 0 spiro atoms. The number of amides is 1. The number of aromatic nitrogens is 5. The number of hydrogen-bond acceptors (Lipinski definition) is 10. The van der Waals surface area contributed by atoms with Crippen molar-refractivity contribution in [1.82, 2.24) is 35.6 Å². The molecule has 2 aromatic heterocycles. The second-order valence-electron chi connectivity index (χ2n) is 6.95. The van der Waals surface area contributed by atoms with E-state index in [0.29, 0.717) is 18.8 Å². The van der Waals surface area contributed by atoms with E-state index in [0.717, 1.165) is 37.2 Å². The molecule has 1 amide bonds. The zero-order chi connectivity index (χ0) is 21.6. The Bertz CT molecular complexity index is 1050. The minimum absolute atomic E-state index is 0.00422. The number of ether oxygens (including phenoxy) is 1. The second kappa shape index (κ2) is 9.34. The number of benzene rings is 1. The van der Waals surface area contributed by atoms with E-state index in [1.165, 1.54) is 10.9 Å². The van der Waals surface area contributed by atoms with Gasteiger partial charge in [0.15, 0.2) is 5.69 Å². The highest BCUT2D eigenvalue weighted by atomic mass is 16.6. The summed E-state index contributed by atoms with van der Waals surface area (Å²) in [6.45, 7) is 4.88. The highest BCUT2D eigenvalue weighted by Crippen LogP contribution is 2.19. The van der Waals surface area contributed by atoms with Crippen molar-refractivity contribution in [2.24, 2.45) is 5.10 Å². The number of nitrogens with zero attached hydrogens (tertiary/aromatic N) is 7. The monoisotopic (exact) mass is 425 g/mol. The van der Waals surface area contributed by atoms with E-state index in [4.69, 9.17) is 10.5 Å². The largest absolute Gasteiger partial charge is 0.494 e. The Balaban J connectivity index is 1.53. The van der Waals surface area contributed by atoms with Crippen molar-refractivity contribution in [3.63, 3.8) is 0 Å². The van der Waals surface area contributed by atoms with E-state index in [9.17, 15) is 4.79 Å². The number of anilines is 1. The number of nitrogens with two attached hydrogens (primary N) is 1. The summed E-state index contributed by atoms with van der Waals surface area (Å²) in [6.07, 6.45) is 3.76. The zero-order valence-corrected chi connectivity index (χ0v) is 17.1. The predicted octanol–water partition coefficient (Wildman–Crippen LogP) is 0.991. The summed E-state index contributed by atoms with van der Waals surface area (Å²) in [5.41, 5.74) is 9.79. The van der Waals surface area contributed by atoms with Gasteiger partial charge in [-0.2, -0.15) is 9.78 Å². The van der Waals surface area contributed by atoms with E-state index >= 15 is 0 Å².